The Morgan fingerprint density at radius 3 is 0.521 bits per heavy atom. The van der Waals surface area contributed by atoms with Crippen LogP contribution in [0.4, 0.5) is 0 Å². The highest BCUT2D eigenvalue weighted by Crippen LogP contribution is 2.47. The predicted octanol–water partition coefficient (Wildman–Crippen LogP) is 15.0. The Kier molecular flexibility index (Phi) is 15.6. The second kappa shape index (κ2) is 22.4. The summed E-state index contributed by atoms with van der Waals surface area (Å²) < 4.78 is 21.8. The van der Waals surface area contributed by atoms with Gasteiger partial charge < -0.3 is 18.9 Å². The minimum Gasteiger partial charge on any atom is -0.459 e. The number of carbonyl (C=O) groups excluding carboxylic acids is 4. The molecule has 8 nitrogen and oxygen atoms in total. The van der Waals surface area contributed by atoms with Gasteiger partial charge in [0, 0.05) is 0 Å². The molecule has 0 radical (unpaired) electrons. The molecule has 0 aliphatic rings. The summed E-state index contributed by atoms with van der Waals surface area (Å²) in [4.78, 5) is 50.8. The molecule has 73 heavy (non-hydrogen) atoms. The zero-order chi connectivity index (χ0) is 51.8. The normalized spacial score (nSPS) is 11.5. The van der Waals surface area contributed by atoms with Crippen molar-refractivity contribution in [2.75, 3.05) is 0 Å². The molecule has 0 unspecified atom stereocenters. The molecule has 8 aromatic rings. The lowest BCUT2D eigenvalue weighted by atomic mass is 9.64. The summed E-state index contributed by atoms with van der Waals surface area (Å²) in [5.74, 6) is -1.45. The van der Waals surface area contributed by atoms with Crippen molar-refractivity contribution in [1.29, 1.82) is 0 Å². The lowest BCUT2D eigenvalue weighted by Gasteiger charge is -2.37. The van der Waals surface area contributed by atoms with Crippen LogP contribution >= 0.6 is 0 Å². The number of hydrogen-bond donors (Lipinski definition) is 0. The first-order valence-electron chi connectivity index (χ1n) is 24.8. The van der Waals surface area contributed by atoms with Crippen LogP contribution in [0.1, 0.15) is 119 Å². The molecule has 0 aliphatic carbocycles. The molecule has 0 aliphatic heterocycles. The van der Waals surface area contributed by atoms with Gasteiger partial charge in [0.05, 0.1) is 52.1 Å². The molecule has 8 heteroatoms. The molecule has 0 saturated carbocycles. The standard InChI is InChI=1S/C65H60O8/c1-41(2)70-61(66)53-17-9-45(10-18-53)49-25-33-57(34-26-49)65(58-35-27-50(28-36-58)46-11-19-54(20-12-46)62(67)71-42(3)4,59-37-29-51(30-38-59)47-13-21-55(22-14-47)63(68)72-43(5)6)60-39-31-52(32-40-60)48-15-23-56(24-16-48)64(69)73-44(7)8/h9-44H,1-8H3. The van der Waals surface area contributed by atoms with Crippen molar-refractivity contribution in [3.8, 4) is 44.5 Å². The molecule has 0 atom stereocenters. The lowest BCUT2D eigenvalue weighted by Crippen LogP contribution is -2.31. The monoisotopic (exact) mass is 968 g/mol. The van der Waals surface area contributed by atoms with E-state index in [1.807, 2.05) is 104 Å². The van der Waals surface area contributed by atoms with Gasteiger partial charge in [-0.15, -0.1) is 0 Å². The Balaban J connectivity index is 1.26. The Morgan fingerprint density at radius 1 is 0.247 bits per heavy atom. The third kappa shape index (κ3) is 11.7. The van der Waals surface area contributed by atoms with E-state index < -0.39 is 5.41 Å². The van der Waals surface area contributed by atoms with Crippen LogP contribution in [0.2, 0.25) is 0 Å². The largest absolute Gasteiger partial charge is 0.459 e. The van der Waals surface area contributed by atoms with E-state index in [0.717, 1.165) is 66.8 Å². The SMILES string of the molecule is CC(C)OC(=O)c1ccc(-c2ccc(C(c3ccc(-c4ccc(C(=O)OC(C)C)cc4)cc3)(c3ccc(-c4ccc(C(=O)OC(C)C)cc4)cc3)c3ccc(-c4ccc(C(=O)OC(C)C)cc4)cc3)cc2)cc1. The molecule has 0 bridgehead atoms. The Bertz CT molecular complexity index is 2730. The first-order chi connectivity index (χ1) is 35.1. The van der Waals surface area contributed by atoms with Crippen LogP contribution in [0, 0.1) is 0 Å². The number of benzene rings is 8. The first-order valence-corrected chi connectivity index (χ1v) is 24.8. The van der Waals surface area contributed by atoms with Crippen LogP contribution in [0.5, 0.6) is 0 Å². The highest BCUT2D eigenvalue weighted by atomic mass is 16.6. The molecule has 8 aromatic carbocycles. The van der Waals surface area contributed by atoms with Crippen molar-refractivity contribution >= 4 is 23.9 Å². The number of rotatable bonds is 16. The second-order valence-corrected chi connectivity index (χ2v) is 19.2. The number of carbonyl (C=O) groups is 4. The van der Waals surface area contributed by atoms with Gasteiger partial charge in [-0.05, 0) is 171 Å². The van der Waals surface area contributed by atoms with Gasteiger partial charge in [0.1, 0.15) is 0 Å². The summed E-state index contributed by atoms with van der Waals surface area (Å²) in [6.45, 7) is 14.7. The molecule has 0 spiro atoms. The zero-order valence-corrected chi connectivity index (χ0v) is 42.6. The van der Waals surface area contributed by atoms with E-state index in [2.05, 4.69) is 97.1 Å². The highest BCUT2D eigenvalue weighted by molar-refractivity contribution is 5.92. The third-order valence-electron chi connectivity index (χ3n) is 12.5. The van der Waals surface area contributed by atoms with E-state index >= 15 is 0 Å². The van der Waals surface area contributed by atoms with Crippen LogP contribution in [0.15, 0.2) is 194 Å². The summed E-state index contributed by atoms with van der Waals surface area (Å²) in [5, 5.41) is 0. The van der Waals surface area contributed by atoms with Gasteiger partial charge in [-0.25, -0.2) is 19.2 Å². The molecule has 368 valence electrons. The van der Waals surface area contributed by atoms with Gasteiger partial charge in [0.2, 0.25) is 0 Å². The molecule has 0 amide bonds. The van der Waals surface area contributed by atoms with Crippen LogP contribution < -0.4 is 0 Å². The molecule has 0 saturated heterocycles. The van der Waals surface area contributed by atoms with Crippen LogP contribution in [0.25, 0.3) is 44.5 Å². The van der Waals surface area contributed by atoms with Crippen molar-refractivity contribution in [2.45, 2.75) is 85.2 Å². The summed E-state index contributed by atoms with van der Waals surface area (Å²) in [7, 11) is 0. The van der Waals surface area contributed by atoms with Crippen molar-refractivity contribution < 1.29 is 38.1 Å². The maximum atomic E-state index is 12.7. The molecule has 0 fully saturated rings. The Labute approximate surface area is 428 Å². The van der Waals surface area contributed by atoms with E-state index in [-0.39, 0.29) is 48.3 Å². The summed E-state index contributed by atoms with van der Waals surface area (Å²) in [6.07, 6.45) is -0.893. The van der Waals surface area contributed by atoms with Crippen molar-refractivity contribution in [3.63, 3.8) is 0 Å². The molecule has 0 aromatic heterocycles. The van der Waals surface area contributed by atoms with Crippen molar-refractivity contribution in [3.05, 3.63) is 239 Å². The van der Waals surface area contributed by atoms with E-state index in [9.17, 15) is 19.2 Å². The number of esters is 4. The number of hydrogen-bond acceptors (Lipinski definition) is 8. The van der Waals surface area contributed by atoms with Crippen LogP contribution in [-0.4, -0.2) is 48.3 Å². The van der Waals surface area contributed by atoms with E-state index in [4.69, 9.17) is 18.9 Å². The lowest BCUT2D eigenvalue weighted by molar-refractivity contribution is 0.0367. The van der Waals surface area contributed by atoms with E-state index in [0.29, 0.717) is 22.3 Å². The molecular weight excluding hydrogens is 909 g/mol. The topological polar surface area (TPSA) is 105 Å². The van der Waals surface area contributed by atoms with Crippen LogP contribution in [0.3, 0.4) is 0 Å². The minimum atomic E-state index is -0.877. The zero-order valence-electron chi connectivity index (χ0n) is 42.6. The van der Waals surface area contributed by atoms with Gasteiger partial charge >= 0.3 is 23.9 Å². The van der Waals surface area contributed by atoms with Crippen molar-refractivity contribution in [2.24, 2.45) is 0 Å². The molecular formula is C65H60O8. The highest BCUT2D eigenvalue weighted by Gasteiger charge is 2.39. The van der Waals surface area contributed by atoms with Crippen molar-refractivity contribution in [1.82, 2.24) is 0 Å². The Hall–Kier alpha value is -8.36. The average Bonchev–Trinajstić information content (AvgIpc) is 3.39. The third-order valence-corrected chi connectivity index (χ3v) is 12.5. The fraction of sp³-hybridized carbons (Fsp3) is 0.200. The molecule has 0 N–H and O–H groups in total. The summed E-state index contributed by atoms with van der Waals surface area (Å²) in [5.41, 5.74) is 12.8. The predicted molar refractivity (Wildman–Crippen MR) is 289 cm³/mol. The maximum Gasteiger partial charge on any atom is 0.338 e. The first kappa shape index (κ1) is 51.0. The van der Waals surface area contributed by atoms with Gasteiger partial charge in [0.25, 0.3) is 0 Å². The van der Waals surface area contributed by atoms with Gasteiger partial charge in [-0.3, -0.25) is 0 Å². The summed E-state index contributed by atoms with van der Waals surface area (Å²) in [6, 6.07) is 64.2. The quantitative estimate of drug-likeness (QED) is 0.0536. The van der Waals surface area contributed by atoms with Gasteiger partial charge in [-0.2, -0.15) is 0 Å². The second-order valence-electron chi connectivity index (χ2n) is 19.2. The minimum absolute atomic E-state index is 0.223. The summed E-state index contributed by atoms with van der Waals surface area (Å²) >= 11 is 0. The smallest absolute Gasteiger partial charge is 0.338 e. The maximum absolute atomic E-state index is 12.7. The number of ether oxygens (including phenoxy) is 4. The van der Waals surface area contributed by atoms with Gasteiger partial charge in [-0.1, -0.05) is 146 Å². The average molecular weight is 969 g/mol. The molecule has 8 rings (SSSR count). The Morgan fingerprint density at radius 2 is 0.384 bits per heavy atom. The van der Waals surface area contributed by atoms with Gasteiger partial charge in [0.15, 0.2) is 0 Å². The fourth-order valence-corrected chi connectivity index (χ4v) is 8.97. The van der Waals surface area contributed by atoms with E-state index in [1.165, 1.54) is 0 Å². The fourth-order valence-electron chi connectivity index (χ4n) is 8.97. The van der Waals surface area contributed by atoms with Crippen LogP contribution in [-0.2, 0) is 24.4 Å². The van der Waals surface area contributed by atoms with E-state index in [1.54, 1.807) is 48.5 Å². The molecule has 0 heterocycles.